The van der Waals surface area contributed by atoms with E-state index in [9.17, 15) is 0 Å². The maximum Gasteiger partial charge on any atom is 0.0581 e. The predicted octanol–water partition coefficient (Wildman–Crippen LogP) is 10.1. The van der Waals surface area contributed by atoms with Crippen LogP contribution in [0.5, 0.6) is 0 Å². The molecule has 0 saturated carbocycles. The highest BCUT2D eigenvalue weighted by Crippen LogP contribution is 2.26. The van der Waals surface area contributed by atoms with Crippen molar-refractivity contribution in [3.63, 3.8) is 0 Å². The van der Waals surface area contributed by atoms with Crippen LogP contribution in [0.4, 0.5) is 0 Å². The van der Waals surface area contributed by atoms with Crippen LogP contribution in [0.1, 0.15) is 157 Å². The highest BCUT2D eigenvalue weighted by atomic mass is 16.5. The summed E-state index contributed by atoms with van der Waals surface area (Å²) in [5.41, 5.74) is 0. The summed E-state index contributed by atoms with van der Waals surface area (Å²) < 4.78 is 6.90. The maximum absolute atomic E-state index is 6.90. The Kier molecular flexibility index (Phi) is 21.2. The molecular formula is C28H58O. The topological polar surface area (TPSA) is 9.23 Å². The molecule has 0 bridgehead atoms. The second kappa shape index (κ2) is 21.2. The Bertz CT molecular complexity index is 283. The molecule has 0 heterocycles. The molecular weight excluding hydrogens is 352 g/mol. The van der Waals surface area contributed by atoms with Crippen LogP contribution in [0.3, 0.4) is 0 Å². The zero-order chi connectivity index (χ0) is 21.7. The molecule has 0 amide bonds. The van der Waals surface area contributed by atoms with Crippen LogP contribution in [0.2, 0.25) is 0 Å². The molecule has 0 aromatic heterocycles. The van der Waals surface area contributed by atoms with Gasteiger partial charge < -0.3 is 4.74 Å². The van der Waals surface area contributed by atoms with E-state index in [0.29, 0.717) is 12.2 Å². The van der Waals surface area contributed by atoms with Crippen molar-refractivity contribution in [2.45, 2.75) is 169 Å². The number of unbranched alkanes of at least 4 members (excludes halogenated alkanes) is 8. The van der Waals surface area contributed by atoms with Gasteiger partial charge in [0.15, 0.2) is 0 Å². The standard InChI is InChI=1S/C28H58O/c1-7-11-13-15-17-21-27(23-25(5)19-9-3)29-28(24-26(6)20-10-4)22-18-16-14-12-8-2/h25-28H,7-24H2,1-6H3. The molecule has 1 nitrogen and oxygen atoms in total. The van der Waals surface area contributed by atoms with E-state index in [4.69, 9.17) is 4.74 Å². The lowest BCUT2D eigenvalue weighted by atomic mass is 9.93. The Hall–Kier alpha value is -0.0400. The first kappa shape index (κ1) is 29.0. The van der Waals surface area contributed by atoms with Gasteiger partial charge in [-0.2, -0.15) is 0 Å². The third-order valence-corrected chi connectivity index (χ3v) is 6.54. The summed E-state index contributed by atoms with van der Waals surface area (Å²) in [5.74, 6) is 1.61. The van der Waals surface area contributed by atoms with Crippen LogP contribution >= 0.6 is 0 Å². The third kappa shape index (κ3) is 18.4. The molecule has 0 saturated heterocycles. The molecule has 1 heteroatoms. The first-order chi connectivity index (χ1) is 14.1. The summed E-state index contributed by atoms with van der Waals surface area (Å²) in [6, 6.07) is 0. The van der Waals surface area contributed by atoms with Crippen molar-refractivity contribution < 1.29 is 4.74 Å². The van der Waals surface area contributed by atoms with E-state index in [-0.39, 0.29) is 0 Å². The normalized spacial score (nSPS) is 15.9. The van der Waals surface area contributed by atoms with Crippen LogP contribution in [-0.2, 0) is 4.74 Å². The van der Waals surface area contributed by atoms with Gasteiger partial charge in [-0.3, -0.25) is 0 Å². The van der Waals surface area contributed by atoms with Gasteiger partial charge in [-0.1, -0.05) is 131 Å². The fourth-order valence-electron chi connectivity index (χ4n) is 4.83. The number of hydrogen-bond donors (Lipinski definition) is 0. The van der Waals surface area contributed by atoms with Crippen LogP contribution in [0, 0.1) is 11.8 Å². The fraction of sp³-hybridized carbons (Fsp3) is 1.00. The van der Waals surface area contributed by atoms with Crippen molar-refractivity contribution >= 4 is 0 Å². The van der Waals surface area contributed by atoms with Gasteiger partial charge in [0, 0.05) is 0 Å². The molecule has 0 aliphatic rings. The van der Waals surface area contributed by atoms with Crippen molar-refractivity contribution in [2.75, 3.05) is 0 Å². The molecule has 0 fully saturated rings. The molecule has 0 N–H and O–H groups in total. The van der Waals surface area contributed by atoms with E-state index in [0.717, 1.165) is 11.8 Å². The number of rotatable bonds is 22. The summed E-state index contributed by atoms with van der Waals surface area (Å²) in [4.78, 5) is 0. The van der Waals surface area contributed by atoms with Gasteiger partial charge >= 0.3 is 0 Å². The average Bonchev–Trinajstić information content (AvgIpc) is 2.67. The first-order valence-electron chi connectivity index (χ1n) is 13.7. The highest BCUT2D eigenvalue weighted by molar-refractivity contribution is 4.70. The SMILES string of the molecule is CCCCCCCC(CC(C)CCC)OC(CCCCCCC)CC(C)CCC. The van der Waals surface area contributed by atoms with Crippen molar-refractivity contribution in [1.29, 1.82) is 0 Å². The van der Waals surface area contributed by atoms with E-state index < -0.39 is 0 Å². The molecule has 0 spiro atoms. The van der Waals surface area contributed by atoms with Gasteiger partial charge in [-0.05, 0) is 37.5 Å². The maximum atomic E-state index is 6.90. The van der Waals surface area contributed by atoms with Crippen LogP contribution in [-0.4, -0.2) is 12.2 Å². The monoisotopic (exact) mass is 410 g/mol. The lowest BCUT2D eigenvalue weighted by molar-refractivity contribution is -0.0432. The van der Waals surface area contributed by atoms with Crippen LogP contribution < -0.4 is 0 Å². The van der Waals surface area contributed by atoms with Gasteiger partial charge in [0.2, 0.25) is 0 Å². The Balaban J connectivity index is 4.71. The molecule has 29 heavy (non-hydrogen) atoms. The largest absolute Gasteiger partial charge is 0.375 e. The molecule has 176 valence electrons. The zero-order valence-corrected chi connectivity index (χ0v) is 21.4. The molecule has 0 aromatic carbocycles. The molecule has 0 rings (SSSR count). The van der Waals surface area contributed by atoms with E-state index in [1.54, 1.807) is 0 Å². The minimum atomic E-state index is 0.493. The second-order valence-electron chi connectivity index (χ2n) is 10.0. The quantitative estimate of drug-likeness (QED) is 0.161. The van der Waals surface area contributed by atoms with Gasteiger partial charge in [0.25, 0.3) is 0 Å². The fourth-order valence-corrected chi connectivity index (χ4v) is 4.83. The lowest BCUT2D eigenvalue weighted by Gasteiger charge is -2.29. The predicted molar refractivity (Wildman–Crippen MR) is 133 cm³/mol. The van der Waals surface area contributed by atoms with E-state index in [1.165, 1.54) is 116 Å². The summed E-state index contributed by atoms with van der Waals surface area (Å²) in [5, 5.41) is 0. The molecule has 0 aromatic rings. The summed E-state index contributed by atoms with van der Waals surface area (Å²) in [6.07, 6.45) is 25.2. The van der Waals surface area contributed by atoms with E-state index in [2.05, 4.69) is 41.5 Å². The first-order valence-corrected chi connectivity index (χ1v) is 13.7. The highest BCUT2D eigenvalue weighted by Gasteiger charge is 2.20. The third-order valence-electron chi connectivity index (χ3n) is 6.54. The summed E-state index contributed by atoms with van der Waals surface area (Å²) in [6.45, 7) is 14.1. The smallest absolute Gasteiger partial charge is 0.0581 e. The molecule has 0 radical (unpaired) electrons. The molecule has 0 aliphatic heterocycles. The van der Waals surface area contributed by atoms with Gasteiger partial charge in [0.05, 0.1) is 12.2 Å². The van der Waals surface area contributed by atoms with Crippen LogP contribution in [0.25, 0.3) is 0 Å². The van der Waals surface area contributed by atoms with Gasteiger partial charge in [0.1, 0.15) is 0 Å². The Morgan fingerprint density at radius 3 is 1.17 bits per heavy atom. The Morgan fingerprint density at radius 2 is 0.828 bits per heavy atom. The zero-order valence-electron chi connectivity index (χ0n) is 21.4. The van der Waals surface area contributed by atoms with E-state index >= 15 is 0 Å². The van der Waals surface area contributed by atoms with E-state index in [1.807, 2.05) is 0 Å². The van der Waals surface area contributed by atoms with Crippen molar-refractivity contribution in [3.05, 3.63) is 0 Å². The van der Waals surface area contributed by atoms with Gasteiger partial charge in [-0.25, -0.2) is 0 Å². The molecule has 4 unspecified atom stereocenters. The lowest BCUT2D eigenvalue weighted by Crippen LogP contribution is -2.26. The van der Waals surface area contributed by atoms with Crippen molar-refractivity contribution in [2.24, 2.45) is 11.8 Å². The minimum Gasteiger partial charge on any atom is -0.375 e. The Labute approximate surface area is 186 Å². The van der Waals surface area contributed by atoms with Crippen molar-refractivity contribution in [3.8, 4) is 0 Å². The number of ether oxygens (including phenoxy) is 1. The van der Waals surface area contributed by atoms with Crippen molar-refractivity contribution in [1.82, 2.24) is 0 Å². The number of hydrogen-bond acceptors (Lipinski definition) is 1. The average molecular weight is 411 g/mol. The summed E-state index contributed by atoms with van der Waals surface area (Å²) in [7, 11) is 0. The minimum absolute atomic E-state index is 0.493. The van der Waals surface area contributed by atoms with Gasteiger partial charge in [-0.15, -0.1) is 0 Å². The molecule has 4 atom stereocenters. The molecule has 0 aliphatic carbocycles. The second-order valence-corrected chi connectivity index (χ2v) is 10.0. The Morgan fingerprint density at radius 1 is 0.448 bits per heavy atom. The summed E-state index contributed by atoms with van der Waals surface area (Å²) >= 11 is 0. The van der Waals surface area contributed by atoms with Crippen LogP contribution in [0.15, 0.2) is 0 Å².